The van der Waals surface area contributed by atoms with Gasteiger partial charge in [0.25, 0.3) is 5.91 Å². The minimum atomic E-state index is -1.46. The lowest BCUT2D eigenvalue weighted by Gasteiger charge is -2.42. The largest absolute Gasteiger partial charge is 0.494 e. The number of hydrogen-bond donors (Lipinski definition) is 1. The number of rotatable bonds is 8. The molecule has 3 amide bonds. The molecule has 10 heteroatoms. The summed E-state index contributed by atoms with van der Waals surface area (Å²) in [5.41, 5.74) is -0.538. The van der Waals surface area contributed by atoms with E-state index in [9.17, 15) is 19.5 Å². The van der Waals surface area contributed by atoms with Gasteiger partial charge >= 0.3 is 0 Å². The number of fused-ring (bicyclic) bond motifs is 2. The van der Waals surface area contributed by atoms with Gasteiger partial charge in [0.05, 0.1) is 47.4 Å². The van der Waals surface area contributed by atoms with Gasteiger partial charge in [-0.2, -0.15) is 0 Å². The van der Waals surface area contributed by atoms with Crippen LogP contribution in [0.5, 0.6) is 5.75 Å². The zero-order valence-corrected chi connectivity index (χ0v) is 27.7. The van der Waals surface area contributed by atoms with Gasteiger partial charge in [-0.05, 0) is 62.1 Å². The van der Waals surface area contributed by atoms with E-state index >= 15 is 0 Å². The first kappa shape index (κ1) is 32.3. The molecule has 2 fully saturated rings. The number of aryl methyl sites for hydroxylation is 1. The first-order valence-corrected chi connectivity index (χ1v) is 16.5. The number of benzene rings is 2. The fourth-order valence-corrected chi connectivity index (χ4v) is 8.29. The first-order valence-electron chi connectivity index (χ1n) is 16.1. The van der Waals surface area contributed by atoms with E-state index in [1.54, 1.807) is 15.9 Å². The molecule has 46 heavy (non-hydrogen) atoms. The SMILES string of the molecule is CCOc1ccc(N2CC=C[C@]3(CC)O[C@]45C=CCN(c6c(C)cccc6Cl)C(=O)C4N([C@@H](CO)C(C)C)C(=O)[C@@H]5[C@@H]3C2=O)cc1. The zero-order valence-electron chi connectivity index (χ0n) is 27.0. The number of carbonyl (C=O) groups excluding carboxylic acids is 3. The topological polar surface area (TPSA) is 99.6 Å². The van der Waals surface area contributed by atoms with Crippen molar-refractivity contribution in [3.63, 3.8) is 0 Å². The number of halogens is 1. The van der Waals surface area contributed by atoms with E-state index in [0.29, 0.717) is 41.7 Å². The molecule has 2 saturated heterocycles. The van der Waals surface area contributed by atoms with Gasteiger partial charge in [-0.1, -0.05) is 68.8 Å². The Morgan fingerprint density at radius 3 is 2.28 bits per heavy atom. The molecule has 4 aliphatic heterocycles. The summed E-state index contributed by atoms with van der Waals surface area (Å²) in [4.78, 5) is 49.4. The monoisotopic (exact) mass is 647 g/mol. The van der Waals surface area contributed by atoms with Gasteiger partial charge in [0.2, 0.25) is 11.8 Å². The van der Waals surface area contributed by atoms with Crippen molar-refractivity contribution >= 4 is 40.7 Å². The predicted molar refractivity (Wildman–Crippen MR) is 177 cm³/mol. The number of carbonyl (C=O) groups is 3. The van der Waals surface area contributed by atoms with Crippen molar-refractivity contribution in [3.05, 3.63) is 77.4 Å². The highest BCUT2D eigenvalue weighted by Gasteiger charge is 2.76. The van der Waals surface area contributed by atoms with Crippen LogP contribution in [0.15, 0.2) is 66.8 Å². The number of para-hydroxylation sites is 1. The van der Waals surface area contributed by atoms with Gasteiger partial charge < -0.3 is 29.3 Å². The maximum absolute atomic E-state index is 14.9. The molecule has 1 N–H and O–H groups in total. The Bertz CT molecular complexity index is 1570. The number of nitrogens with zero attached hydrogens (tertiary/aromatic N) is 3. The molecule has 6 atom stereocenters. The second-order valence-electron chi connectivity index (χ2n) is 12.9. The molecule has 9 nitrogen and oxygen atoms in total. The quantitative estimate of drug-likeness (QED) is 0.408. The van der Waals surface area contributed by atoms with Crippen molar-refractivity contribution in [2.24, 2.45) is 17.8 Å². The van der Waals surface area contributed by atoms with Crippen molar-refractivity contribution < 1.29 is 29.0 Å². The Hall–Kier alpha value is -3.66. The molecule has 4 aliphatic rings. The second kappa shape index (κ2) is 12.2. The van der Waals surface area contributed by atoms with Crippen molar-refractivity contribution in [1.29, 1.82) is 0 Å². The molecule has 0 aliphatic carbocycles. The summed E-state index contributed by atoms with van der Waals surface area (Å²) in [5.74, 6) is -2.38. The van der Waals surface area contributed by atoms with Gasteiger partial charge in [0.15, 0.2) is 0 Å². The number of ether oxygens (including phenoxy) is 2. The van der Waals surface area contributed by atoms with Gasteiger partial charge in [-0.15, -0.1) is 0 Å². The number of anilines is 2. The zero-order chi connectivity index (χ0) is 33.0. The Morgan fingerprint density at radius 1 is 0.957 bits per heavy atom. The van der Waals surface area contributed by atoms with Crippen molar-refractivity contribution in [2.45, 2.75) is 64.3 Å². The smallest absolute Gasteiger partial charge is 0.253 e. The van der Waals surface area contributed by atoms with Crippen LogP contribution in [0.25, 0.3) is 0 Å². The van der Waals surface area contributed by atoms with E-state index in [1.807, 2.05) is 95.3 Å². The predicted octanol–water partition coefficient (Wildman–Crippen LogP) is 4.93. The number of aliphatic hydroxyl groups excluding tert-OH is 1. The van der Waals surface area contributed by atoms with Crippen LogP contribution in [0.1, 0.15) is 39.7 Å². The van der Waals surface area contributed by atoms with Crippen LogP contribution in [0.2, 0.25) is 5.02 Å². The summed E-state index contributed by atoms with van der Waals surface area (Å²) in [6.07, 6.45) is 7.92. The summed E-state index contributed by atoms with van der Waals surface area (Å²) in [7, 11) is 0. The fraction of sp³-hybridized carbons (Fsp3) is 0.472. The Kier molecular flexibility index (Phi) is 8.54. The average molecular weight is 648 g/mol. The summed E-state index contributed by atoms with van der Waals surface area (Å²) >= 11 is 6.69. The summed E-state index contributed by atoms with van der Waals surface area (Å²) < 4.78 is 12.7. The molecular weight excluding hydrogens is 606 g/mol. The van der Waals surface area contributed by atoms with Crippen LogP contribution in [-0.2, 0) is 19.1 Å². The lowest BCUT2D eigenvalue weighted by molar-refractivity contribution is -0.150. The van der Waals surface area contributed by atoms with Crippen LogP contribution in [0.3, 0.4) is 0 Å². The fourth-order valence-electron chi connectivity index (χ4n) is 7.96. The normalized spacial score (nSPS) is 29.5. The molecule has 1 unspecified atom stereocenters. The summed E-state index contributed by atoms with van der Waals surface area (Å²) in [6.45, 7) is 10.2. The van der Waals surface area contributed by atoms with E-state index in [1.165, 1.54) is 4.90 Å². The molecular formula is C36H42ClN3O6. The molecule has 4 heterocycles. The van der Waals surface area contributed by atoms with Crippen LogP contribution in [0.4, 0.5) is 11.4 Å². The molecule has 0 aromatic heterocycles. The number of likely N-dealkylation sites (tertiary alicyclic amines) is 1. The van der Waals surface area contributed by atoms with E-state index in [4.69, 9.17) is 21.1 Å². The van der Waals surface area contributed by atoms with Crippen molar-refractivity contribution in [3.8, 4) is 5.75 Å². The molecule has 6 rings (SSSR count). The number of aliphatic hydroxyl groups is 1. The minimum absolute atomic E-state index is 0.179. The highest BCUT2D eigenvalue weighted by Crippen LogP contribution is 2.59. The molecule has 0 saturated carbocycles. The van der Waals surface area contributed by atoms with Gasteiger partial charge in [-0.25, -0.2) is 0 Å². The van der Waals surface area contributed by atoms with Crippen LogP contribution >= 0.6 is 11.6 Å². The third-order valence-electron chi connectivity index (χ3n) is 10.1. The van der Waals surface area contributed by atoms with Crippen LogP contribution in [0, 0.1) is 24.7 Å². The highest BCUT2D eigenvalue weighted by molar-refractivity contribution is 6.34. The van der Waals surface area contributed by atoms with Gasteiger partial charge in [-0.3, -0.25) is 14.4 Å². The molecule has 1 spiro atoms. The maximum Gasteiger partial charge on any atom is 0.253 e. The van der Waals surface area contributed by atoms with Crippen LogP contribution in [-0.4, -0.2) is 77.3 Å². The first-order chi connectivity index (χ1) is 22.0. The number of amides is 3. The molecule has 2 aromatic carbocycles. The van der Waals surface area contributed by atoms with Crippen LogP contribution < -0.4 is 14.5 Å². The highest BCUT2D eigenvalue weighted by atomic mass is 35.5. The van der Waals surface area contributed by atoms with E-state index < -0.39 is 35.1 Å². The average Bonchev–Trinajstić information content (AvgIpc) is 3.32. The van der Waals surface area contributed by atoms with Gasteiger partial charge in [0.1, 0.15) is 17.4 Å². The molecule has 0 bridgehead atoms. The summed E-state index contributed by atoms with van der Waals surface area (Å²) in [6, 6.07) is 11.0. The third kappa shape index (κ3) is 4.78. The third-order valence-corrected chi connectivity index (χ3v) is 10.4. The summed E-state index contributed by atoms with van der Waals surface area (Å²) in [5, 5.41) is 11.1. The lowest BCUT2D eigenvalue weighted by Crippen LogP contribution is -2.60. The molecule has 244 valence electrons. The standard InChI is InChI=1S/C36H42ClN3O6/c1-6-35-17-9-19-38(24-13-15-25(16-14-24)45-7-2)32(42)28(35)29-33(43)40(27(21-41)22(3)4)31-34(44)39(20-10-18-36(29,31)46-35)30-23(5)11-8-12-26(30)37/h8-18,22,27-29,31,41H,6-7,19-21H2,1-5H3/t27-,28+,29-,31?,35-,36-/m0/s1. The molecule has 2 aromatic rings. The van der Waals surface area contributed by atoms with E-state index in [2.05, 4.69) is 0 Å². The number of hydrogen-bond acceptors (Lipinski definition) is 6. The lowest BCUT2D eigenvalue weighted by atomic mass is 9.73. The Labute approximate surface area is 275 Å². The molecule has 0 radical (unpaired) electrons. The van der Waals surface area contributed by atoms with Crippen molar-refractivity contribution in [2.75, 3.05) is 36.1 Å². The Morgan fingerprint density at radius 2 is 1.65 bits per heavy atom. The Balaban J connectivity index is 1.51. The van der Waals surface area contributed by atoms with E-state index in [0.717, 1.165) is 5.56 Å². The van der Waals surface area contributed by atoms with Crippen molar-refractivity contribution in [1.82, 2.24) is 4.90 Å². The van der Waals surface area contributed by atoms with E-state index in [-0.39, 0.29) is 36.8 Å². The minimum Gasteiger partial charge on any atom is -0.494 e. The van der Waals surface area contributed by atoms with Gasteiger partial charge in [0, 0.05) is 18.8 Å². The second-order valence-corrected chi connectivity index (χ2v) is 13.3. The maximum atomic E-state index is 14.9.